The molecular formula is C22H24Cl2N8O2. The maximum Gasteiger partial charge on any atom is 0.318 e. The number of halogens is 2. The summed E-state index contributed by atoms with van der Waals surface area (Å²) in [6, 6.07) is 5.34. The Morgan fingerprint density at radius 1 is 1.26 bits per heavy atom. The lowest BCUT2D eigenvalue weighted by Gasteiger charge is -2.17. The van der Waals surface area contributed by atoms with Gasteiger partial charge in [-0.25, -0.2) is 14.8 Å². The molecule has 1 fully saturated rings. The molecule has 0 spiro atoms. The van der Waals surface area contributed by atoms with E-state index in [0.717, 1.165) is 24.2 Å². The van der Waals surface area contributed by atoms with Gasteiger partial charge in [0.25, 0.3) is 0 Å². The van der Waals surface area contributed by atoms with Gasteiger partial charge in [0.2, 0.25) is 5.95 Å². The van der Waals surface area contributed by atoms with Gasteiger partial charge in [-0.05, 0) is 25.0 Å². The summed E-state index contributed by atoms with van der Waals surface area (Å²) in [5, 5.41) is 11.3. The number of rotatable bonds is 7. The molecular weight excluding hydrogens is 479 g/mol. The Hall–Kier alpha value is -3.24. The van der Waals surface area contributed by atoms with Gasteiger partial charge in [-0.1, -0.05) is 23.2 Å². The van der Waals surface area contributed by atoms with Crippen LogP contribution in [0, 0.1) is 0 Å². The van der Waals surface area contributed by atoms with Crippen LogP contribution >= 0.6 is 23.2 Å². The van der Waals surface area contributed by atoms with Crippen LogP contribution in [-0.2, 0) is 20.1 Å². The summed E-state index contributed by atoms with van der Waals surface area (Å²) in [4.78, 5) is 23.2. The molecule has 5 rings (SSSR count). The maximum atomic E-state index is 12.6. The minimum atomic E-state index is -0.121. The molecule has 0 unspecified atom stereocenters. The number of hydrogen-bond acceptors (Lipinski definition) is 7. The van der Waals surface area contributed by atoms with Gasteiger partial charge in [-0.15, -0.1) is 0 Å². The SMILES string of the molecule is Cn1ccc(NCCOc2cc(Cl)cc(Cl)c2-c2nc(N)nc3c2CN(C(=O)NC2CC2)C3)n1. The molecule has 0 radical (unpaired) electrons. The molecule has 3 heterocycles. The second-order valence-electron chi connectivity index (χ2n) is 8.35. The summed E-state index contributed by atoms with van der Waals surface area (Å²) in [6.45, 7) is 1.55. The van der Waals surface area contributed by atoms with Gasteiger partial charge < -0.3 is 26.0 Å². The van der Waals surface area contributed by atoms with Gasteiger partial charge >= 0.3 is 6.03 Å². The Morgan fingerprint density at radius 2 is 2.09 bits per heavy atom. The van der Waals surface area contributed by atoms with Gasteiger partial charge in [0.05, 0.1) is 41.6 Å². The lowest BCUT2D eigenvalue weighted by atomic mass is 10.0. The van der Waals surface area contributed by atoms with Gasteiger partial charge in [-0.3, -0.25) is 4.68 Å². The van der Waals surface area contributed by atoms with Crippen molar-refractivity contribution in [1.29, 1.82) is 0 Å². The van der Waals surface area contributed by atoms with E-state index in [2.05, 4.69) is 25.7 Å². The standard InChI is InChI=1S/C22H24Cl2N8O2/c1-31-6-4-18(30-31)26-5-7-34-17-9-12(23)8-15(24)19(17)20-14-10-32(22(33)27-13-2-3-13)11-16(14)28-21(25)29-20/h4,6,8-9,13H,2-3,5,7,10-11H2,1H3,(H,26,30)(H,27,33)(H2,25,28,29). The molecule has 3 aromatic rings. The van der Waals surface area contributed by atoms with Crippen molar-refractivity contribution >= 4 is 41.0 Å². The number of ether oxygens (including phenoxy) is 1. The van der Waals surface area contributed by atoms with Gasteiger partial charge in [-0.2, -0.15) is 5.10 Å². The predicted molar refractivity (Wildman–Crippen MR) is 130 cm³/mol. The third-order valence-electron chi connectivity index (χ3n) is 5.63. The third-order valence-corrected chi connectivity index (χ3v) is 6.14. The van der Waals surface area contributed by atoms with E-state index < -0.39 is 0 Å². The number of aromatic nitrogens is 4. The predicted octanol–water partition coefficient (Wildman–Crippen LogP) is 3.44. The molecule has 2 aliphatic rings. The van der Waals surface area contributed by atoms with Crippen molar-refractivity contribution in [3.05, 3.63) is 45.7 Å². The van der Waals surface area contributed by atoms with E-state index >= 15 is 0 Å². The van der Waals surface area contributed by atoms with Crippen LogP contribution in [0.3, 0.4) is 0 Å². The molecule has 1 aliphatic carbocycles. The van der Waals surface area contributed by atoms with E-state index in [9.17, 15) is 4.79 Å². The van der Waals surface area contributed by atoms with E-state index in [-0.39, 0.29) is 18.0 Å². The van der Waals surface area contributed by atoms with Gasteiger partial charge in [0.1, 0.15) is 18.2 Å². The Labute approximate surface area is 206 Å². The highest BCUT2D eigenvalue weighted by atomic mass is 35.5. The molecule has 4 N–H and O–H groups in total. The fourth-order valence-corrected chi connectivity index (χ4v) is 4.43. The van der Waals surface area contributed by atoms with Crippen LogP contribution < -0.4 is 21.1 Å². The number of hydrogen-bond donors (Lipinski definition) is 3. The van der Waals surface area contributed by atoms with Crippen LogP contribution in [0.4, 0.5) is 16.6 Å². The second kappa shape index (κ2) is 9.19. The lowest BCUT2D eigenvalue weighted by Crippen LogP contribution is -2.37. The largest absolute Gasteiger partial charge is 0.491 e. The van der Waals surface area contributed by atoms with E-state index in [1.54, 1.807) is 21.7 Å². The summed E-state index contributed by atoms with van der Waals surface area (Å²) >= 11 is 12.9. The molecule has 0 atom stereocenters. The summed E-state index contributed by atoms with van der Waals surface area (Å²) in [6.07, 6.45) is 3.88. The molecule has 1 saturated carbocycles. The van der Waals surface area contributed by atoms with Crippen molar-refractivity contribution in [3.63, 3.8) is 0 Å². The molecule has 178 valence electrons. The minimum Gasteiger partial charge on any atom is -0.491 e. The monoisotopic (exact) mass is 502 g/mol. The summed E-state index contributed by atoms with van der Waals surface area (Å²) in [5.41, 5.74) is 8.63. The number of benzene rings is 1. The fraction of sp³-hybridized carbons (Fsp3) is 0.364. The molecule has 1 aromatic carbocycles. The zero-order chi connectivity index (χ0) is 23.8. The molecule has 0 saturated heterocycles. The number of nitrogens with two attached hydrogens (primary N) is 1. The summed E-state index contributed by atoms with van der Waals surface area (Å²) in [7, 11) is 1.85. The number of aryl methyl sites for hydroxylation is 1. The van der Waals surface area contributed by atoms with E-state index in [1.165, 1.54) is 0 Å². The number of anilines is 2. The van der Waals surface area contributed by atoms with Crippen molar-refractivity contribution in [1.82, 2.24) is 30.0 Å². The molecule has 2 aromatic heterocycles. The first-order valence-corrected chi connectivity index (χ1v) is 11.7. The first-order valence-electron chi connectivity index (χ1n) is 10.9. The lowest BCUT2D eigenvalue weighted by molar-refractivity contribution is 0.197. The van der Waals surface area contributed by atoms with Crippen LogP contribution in [-0.4, -0.2) is 49.9 Å². The number of amides is 2. The maximum absolute atomic E-state index is 12.6. The quantitative estimate of drug-likeness (QED) is 0.422. The molecule has 2 amide bonds. The highest BCUT2D eigenvalue weighted by molar-refractivity contribution is 6.37. The molecule has 0 bridgehead atoms. The molecule has 1 aliphatic heterocycles. The average molecular weight is 503 g/mol. The van der Waals surface area contributed by atoms with Crippen LogP contribution in [0.15, 0.2) is 24.4 Å². The number of fused-ring (bicyclic) bond motifs is 1. The molecule has 10 nitrogen and oxygen atoms in total. The third kappa shape index (κ3) is 4.83. The Morgan fingerprint density at radius 3 is 2.82 bits per heavy atom. The second-order valence-corrected chi connectivity index (χ2v) is 9.19. The molecule has 34 heavy (non-hydrogen) atoms. The number of nitrogens with one attached hydrogen (secondary N) is 2. The van der Waals surface area contributed by atoms with Crippen molar-refractivity contribution < 1.29 is 9.53 Å². The van der Waals surface area contributed by atoms with Crippen molar-refractivity contribution in [3.8, 4) is 17.0 Å². The van der Waals surface area contributed by atoms with Crippen molar-refractivity contribution in [2.24, 2.45) is 7.05 Å². The fourth-order valence-electron chi connectivity index (χ4n) is 3.86. The Kier molecular flexibility index (Phi) is 6.09. The first kappa shape index (κ1) is 22.5. The Balaban J connectivity index is 1.39. The van der Waals surface area contributed by atoms with E-state index in [0.29, 0.717) is 59.0 Å². The van der Waals surface area contributed by atoms with Crippen LogP contribution in [0.2, 0.25) is 10.0 Å². The number of carbonyl (C=O) groups is 1. The van der Waals surface area contributed by atoms with E-state index in [4.69, 9.17) is 33.7 Å². The number of nitrogens with zero attached hydrogens (tertiary/aromatic N) is 5. The topological polar surface area (TPSA) is 123 Å². The number of urea groups is 1. The highest BCUT2D eigenvalue weighted by Gasteiger charge is 2.33. The smallest absolute Gasteiger partial charge is 0.318 e. The zero-order valence-electron chi connectivity index (χ0n) is 18.5. The highest BCUT2D eigenvalue weighted by Crippen LogP contribution is 2.42. The van der Waals surface area contributed by atoms with Crippen molar-refractivity contribution in [2.75, 3.05) is 24.2 Å². The van der Waals surface area contributed by atoms with E-state index in [1.807, 2.05) is 19.3 Å². The summed E-state index contributed by atoms with van der Waals surface area (Å²) < 4.78 is 7.77. The summed E-state index contributed by atoms with van der Waals surface area (Å²) in [5.74, 6) is 1.33. The van der Waals surface area contributed by atoms with Crippen molar-refractivity contribution in [2.45, 2.75) is 32.0 Å². The minimum absolute atomic E-state index is 0.104. The first-order chi connectivity index (χ1) is 16.4. The molecule has 12 heteroatoms. The average Bonchev–Trinajstić information content (AvgIpc) is 3.32. The normalized spacial score (nSPS) is 14.7. The van der Waals surface area contributed by atoms with Gasteiger partial charge in [0, 0.05) is 35.9 Å². The van der Waals surface area contributed by atoms with Crippen LogP contribution in [0.25, 0.3) is 11.3 Å². The number of nitrogen functional groups attached to an aromatic ring is 1. The zero-order valence-corrected chi connectivity index (χ0v) is 20.0. The van der Waals surface area contributed by atoms with Gasteiger partial charge in [0.15, 0.2) is 0 Å². The van der Waals surface area contributed by atoms with Crippen LogP contribution in [0.1, 0.15) is 24.1 Å². The Bertz CT molecular complexity index is 1240. The number of carbonyl (C=O) groups excluding carboxylic acids is 1. The van der Waals surface area contributed by atoms with Crippen LogP contribution in [0.5, 0.6) is 5.75 Å².